The molecule has 2 unspecified atom stereocenters. The zero-order valence-electron chi connectivity index (χ0n) is 10.3. The van der Waals surface area contributed by atoms with Gasteiger partial charge in [-0.1, -0.05) is 35.9 Å². The van der Waals surface area contributed by atoms with Crippen molar-refractivity contribution in [1.82, 2.24) is 0 Å². The first kappa shape index (κ1) is 14.4. The third kappa shape index (κ3) is 2.50. The van der Waals surface area contributed by atoms with Crippen LogP contribution in [0.25, 0.3) is 0 Å². The largest absolute Gasteiger partial charge is 0.387 e. The molecule has 2 aromatic rings. The molecule has 1 nitrogen and oxygen atoms in total. The Kier molecular flexibility index (Phi) is 4.09. The molecule has 0 saturated carbocycles. The smallest absolute Gasteiger partial charge is 0.148 e. The van der Waals surface area contributed by atoms with E-state index in [1.807, 2.05) is 24.3 Å². The lowest BCUT2D eigenvalue weighted by molar-refractivity contribution is 0.170. The molecule has 0 saturated heterocycles. The van der Waals surface area contributed by atoms with Gasteiger partial charge in [-0.15, -0.1) is 11.8 Å². The van der Waals surface area contributed by atoms with E-state index in [1.165, 1.54) is 5.56 Å². The van der Waals surface area contributed by atoms with Gasteiger partial charge in [0.15, 0.2) is 0 Å². The van der Waals surface area contributed by atoms with Crippen molar-refractivity contribution < 1.29 is 9.50 Å². The molecule has 0 aromatic heterocycles. The number of thioether (sulfide) groups is 1. The van der Waals surface area contributed by atoms with E-state index in [0.717, 1.165) is 11.3 Å². The highest BCUT2D eigenvalue weighted by Crippen LogP contribution is 2.43. The standard InChI is InChI=1S/C15H11BrClFOS/c16-10-6-5-9(14(18)13(10)17)15(19)12-7-8-3-1-2-4-11(8)20-12/h1-6,12,15,19H,7H2. The summed E-state index contributed by atoms with van der Waals surface area (Å²) in [5.74, 6) is -0.551. The number of aliphatic hydroxyl groups is 1. The fourth-order valence-electron chi connectivity index (χ4n) is 2.35. The molecule has 0 bridgehead atoms. The minimum Gasteiger partial charge on any atom is -0.387 e. The van der Waals surface area contributed by atoms with E-state index >= 15 is 0 Å². The van der Waals surface area contributed by atoms with Crippen LogP contribution in [0.5, 0.6) is 0 Å². The van der Waals surface area contributed by atoms with E-state index in [2.05, 4.69) is 15.9 Å². The summed E-state index contributed by atoms with van der Waals surface area (Å²) < 4.78 is 14.7. The lowest BCUT2D eigenvalue weighted by atomic mass is 10.0. The number of rotatable bonds is 2. The highest BCUT2D eigenvalue weighted by atomic mass is 79.9. The Morgan fingerprint density at radius 3 is 2.80 bits per heavy atom. The number of fused-ring (bicyclic) bond motifs is 1. The average molecular weight is 374 g/mol. The Morgan fingerprint density at radius 1 is 1.30 bits per heavy atom. The Bertz CT molecular complexity index is 639. The fourth-order valence-corrected chi connectivity index (χ4v) is 4.16. The van der Waals surface area contributed by atoms with Crippen LogP contribution in [0, 0.1) is 5.82 Å². The van der Waals surface area contributed by atoms with Gasteiger partial charge in [-0.2, -0.15) is 0 Å². The van der Waals surface area contributed by atoms with Gasteiger partial charge < -0.3 is 5.11 Å². The monoisotopic (exact) mass is 372 g/mol. The summed E-state index contributed by atoms with van der Waals surface area (Å²) in [6.07, 6.45) is -0.146. The zero-order valence-corrected chi connectivity index (χ0v) is 13.5. The molecular weight excluding hydrogens is 363 g/mol. The molecule has 0 spiro atoms. The summed E-state index contributed by atoms with van der Waals surface area (Å²) in [4.78, 5) is 1.15. The number of aliphatic hydroxyl groups excluding tert-OH is 1. The van der Waals surface area contributed by atoms with Gasteiger partial charge in [-0.3, -0.25) is 0 Å². The maximum atomic E-state index is 14.2. The summed E-state index contributed by atoms with van der Waals surface area (Å²) in [5.41, 5.74) is 1.45. The minimum absolute atomic E-state index is 0.0158. The molecule has 1 N–H and O–H groups in total. The summed E-state index contributed by atoms with van der Waals surface area (Å²) in [6, 6.07) is 11.3. The van der Waals surface area contributed by atoms with Gasteiger partial charge in [-0.05, 0) is 40.0 Å². The molecule has 3 rings (SSSR count). The van der Waals surface area contributed by atoms with E-state index in [1.54, 1.807) is 23.9 Å². The van der Waals surface area contributed by atoms with Gasteiger partial charge in [0, 0.05) is 20.2 Å². The molecule has 2 atom stereocenters. The maximum Gasteiger partial charge on any atom is 0.148 e. The van der Waals surface area contributed by atoms with Crippen molar-refractivity contribution in [2.24, 2.45) is 0 Å². The van der Waals surface area contributed by atoms with E-state index in [-0.39, 0.29) is 15.8 Å². The molecule has 104 valence electrons. The molecule has 5 heteroatoms. The molecule has 0 amide bonds. The van der Waals surface area contributed by atoms with Crippen LogP contribution >= 0.6 is 39.3 Å². The topological polar surface area (TPSA) is 20.2 Å². The Hall–Kier alpha value is -0.550. The van der Waals surface area contributed by atoms with Gasteiger partial charge >= 0.3 is 0 Å². The van der Waals surface area contributed by atoms with Crippen molar-refractivity contribution in [2.45, 2.75) is 22.7 Å². The second-order valence-electron chi connectivity index (χ2n) is 4.68. The van der Waals surface area contributed by atoms with Crippen LogP contribution in [0.2, 0.25) is 5.02 Å². The van der Waals surface area contributed by atoms with Gasteiger partial charge in [0.2, 0.25) is 0 Å². The summed E-state index contributed by atoms with van der Waals surface area (Å²) in [5, 5.41) is 10.4. The minimum atomic E-state index is -0.877. The molecule has 2 aromatic carbocycles. The van der Waals surface area contributed by atoms with Crippen molar-refractivity contribution >= 4 is 39.3 Å². The number of halogens is 3. The molecule has 20 heavy (non-hydrogen) atoms. The molecule has 0 radical (unpaired) electrons. The number of benzene rings is 2. The number of hydrogen-bond acceptors (Lipinski definition) is 2. The summed E-state index contributed by atoms with van der Waals surface area (Å²) in [7, 11) is 0. The highest BCUT2D eigenvalue weighted by molar-refractivity contribution is 9.10. The van der Waals surface area contributed by atoms with Crippen molar-refractivity contribution in [3.05, 3.63) is 62.8 Å². The summed E-state index contributed by atoms with van der Waals surface area (Å²) in [6.45, 7) is 0. The SMILES string of the molecule is OC(c1ccc(Br)c(Cl)c1F)C1Cc2ccccc2S1. The van der Waals surface area contributed by atoms with Crippen LogP contribution in [-0.4, -0.2) is 10.4 Å². The van der Waals surface area contributed by atoms with Crippen LogP contribution in [0.4, 0.5) is 4.39 Å². The quantitative estimate of drug-likeness (QED) is 0.748. The van der Waals surface area contributed by atoms with Crippen LogP contribution in [-0.2, 0) is 6.42 Å². The molecule has 1 aliphatic rings. The first-order valence-electron chi connectivity index (χ1n) is 6.14. The second-order valence-corrected chi connectivity index (χ2v) is 7.19. The first-order valence-corrected chi connectivity index (χ1v) is 8.19. The molecular formula is C15H11BrClFOS. The highest BCUT2D eigenvalue weighted by Gasteiger charge is 2.31. The zero-order chi connectivity index (χ0) is 14.3. The lowest BCUT2D eigenvalue weighted by Crippen LogP contribution is -2.15. The third-order valence-corrected chi connectivity index (χ3v) is 6.05. The van der Waals surface area contributed by atoms with Crippen LogP contribution in [0.3, 0.4) is 0 Å². The lowest BCUT2D eigenvalue weighted by Gasteiger charge is -2.18. The van der Waals surface area contributed by atoms with Crippen molar-refractivity contribution in [1.29, 1.82) is 0 Å². The third-order valence-electron chi connectivity index (χ3n) is 3.41. The predicted octanol–water partition coefficient (Wildman–Crippen LogP) is 4.99. The van der Waals surface area contributed by atoms with Crippen LogP contribution in [0.15, 0.2) is 45.8 Å². The fraction of sp³-hybridized carbons (Fsp3) is 0.200. The van der Waals surface area contributed by atoms with E-state index in [4.69, 9.17) is 11.6 Å². The van der Waals surface area contributed by atoms with Crippen LogP contribution < -0.4 is 0 Å². The van der Waals surface area contributed by atoms with Gasteiger partial charge in [0.25, 0.3) is 0 Å². The molecule has 1 aliphatic heterocycles. The van der Waals surface area contributed by atoms with E-state index < -0.39 is 11.9 Å². The molecule has 0 fully saturated rings. The maximum absolute atomic E-state index is 14.2. The summed E-state index contributed by atoms with van der Waals surface area (Å²) >= 11 is 10.6. The van der Waals surface area contributed by atoms with Gasteiger partial charge in [-0.25, -0.2) is 4.39 Å². The average Bonchev–Trinajstić information content (AvgIpc) is 2.88. The van der Waals surface area contributed by atoms with Crippen molar-refractivity contribution in [3.8, 4) is 0 Å². The predicted molar refractivity (Wildman–Crippen MR) is 83.9 cm³/mol. The first-order chi connectivity index (χ1) is 9.58. The number of hydrogen-bond donors (Lipinski definition) is 1. The van der Waals surface area contributed by atoms with E-state index in [0.29, 0.717) is 4.47 Å². The molecule has 1 heterocycles. The second kappa shape index (κ2) is 5.68. The van der Waals surface area contributed by atoms with E-state index in [9.17, 15) is 9.50 Å². The Morgan fingerprint density at radius 2 is 2.05 bits per heavy atom. The van der Waals surface area contributed by atoms with Crippen LogP contribution in [0.1, 0.15) is 17.2 Å². The Balaban J connectivity index is 1.88. The normalized spacial score (nSPS) is 18.9. The van der Waals surface area contributed by atoms with Crippen molar-refractivity contribution in [2.75, 3.05) is 0 Å². The van der Waals surface area contributed by atoms with Crippen molar-refractivity contribution in [3.63, 3.8) is 0 Å². The molecule has 0 aliphatic carbocycles. The van der Waals surface area contributed by atoms with Gasteiger partial charge in [0.1, 0.15) is 5.82 Å². The van der Waals surface area contributed by atoms with Gasteiger partial charge in [0.05, 0.1) is 11.1 Å². The Labute approximate surface area is 134 Å².